The molecule has 1 fully saturated rings. The van der Waals surface area contributed by atoms with Crippen LogP contribution in [0, 0.1) is 28.8 Å². The molecule has 19 heteroatoms. The Bertz CT molecular complexity index is 1920. The molecule has 1 N–H and O–H groups in total. The summed E-state index contributed by atoms with van der Waals surface area (Å²) in [6.45, 7) is 1.85. The molecule has 1 aliphatic rings. The lowest BCUT2D eigenvalue weighted by atomic mass is 9.89. The summed E-state index contributed by atoms with van der Waals surface area (Å²) in [6.07, 6.45) is 4.02. The molecule has 55 heavy (non-hydrogen) atoms. The van der Waals surface area contributed by atoms with Gasteiger partial charge in [0.2, 0.25) is 6.29 Å². The van der Waals surface area contributed by atoms with Crippen LogP contribution in [0.1, 0.15) is 43.4 Å². The number of carboxylic acid groups (broad SMARTS) is 1. The molecule has 0 aliphatic carbocycles. The molecule has 0 bridgehead atoms. The summed E-state index contributed by atoms with van der Waals surface area (Å²) >= 11 is 1.20. The number of benzene rings is 2. The lowest BCUT2D eigenvalue weighted by Gasteiger charge is -2.40. The highest BCUT2D eigenvalue weighted by Gasteiger charge is 2.47. The molecule has 4 rings (SSSR count). The van der Waals surface area contributed by atoms with Gasteiger partial charge >= 0.3 is 24.1 Å². The molecule has 0 amide bonds. The van der Waals surface area contributed by atoms with Crippen LogP contribution in [0.3, 0.4) is 0 Å². The van der Waals surface area contributed by atoms with E-state index in [4.69, 9.17) is 34.1 Å². The molecular weight excluding hydrogens is 753 g/mol. The molecule has 3 aromatic rings. The quantitative estimate of drug-likeness (QED) is 0.0825. The Balaban J connectivity index is 1.45. The fourth-order valence-corrected chi connectivity index (χ4v) is 6.48. The minimum atomic E-state index is -1.97. The third kappa shape index (κ3) is 12.7. The van der Waals surface area contributed by atoms with E-state index in [1.807, 2.05) is 6.07 Å². The Morgan fingerprint density at radius 2 is 1.80 bits per heavy atom. The first-order valence-corrected chi connectivity index (χ1v) is 17.4. The number of aromatic nitrogens is 3. The molecule has 15 nitrogen and oxygen atoms in total. The topological polar surface area (TPSA) is 198 Å². The third-order valence-electron chi connectivity index (χ3n) is 7.70. The summed E-state index contributed by atoms with van der Waals surface area (Å²) in [6, 6.07) is 8.70. The van der Waals surface area contributed by atoms with E-state index >= 15 is 4.39 Å². The maximum absolute atomic E-state index is 15.6. The average molecular weight is 789 g/mol. The number of thioether (sulfide) groups is 1. The number of rotatable bonds is 17. The highest BCUT2D eigenvalue weighted by Crippen LogP contribution is 2.42. The SMILES string of the molecule is CC(OC(=O)CCC(=O)OCC(=O)O)OC(=O)OC(Cn1cncn1)(c1ccc(F)cc1F)C(C)SC1COC(/C=C/C=C/c2ccc(C#N)cc2F)OC1. The minimum Gasteiger partial charge on any atom is -0.479 e. The van der Waals surface area contributed by atoms with Crippen LogP contribution < -0.4 is 0 Å². The summed E-state index contributed by atoms with van der Waals surface area (Å²) in [5, 5.41) is 20.3. The van der Waals surface area contributed by atoms with Crippen molar-refractivity contribution >= 4 is 41.9 Å². The Kier molecular flexibility index (Phi) is 15.4. The zero-order chi connectivity index (χ0) is 40.0. The van der Waals surface area contributed by atoms with Gasteiger partial charge in [-0.3, -0.25) is 9.59 Å². The lowest BCUT2D eigenvalue weighted by Crippen LogP contribution is -2.47. The highest BCUT2D eigenvalue weighted by atomic mass is 32.2. The standard InChI is InChI=1S/C36H35F3N4O11S/c1-22(55-27-16-50-34(51-17-27)6-4-3-5-25-8-7-24(15-40)13-29(25)38)36(19-43-21-41-20-42-43,28-10-9-26(37)14-30(28)39)54-35(48)53-23(2)52-33(47)12-11-32(46)49-18-31(44)45/h3-10,13-14,20-23,27,34H,11-12,16-19H2,1-2H3,(H,44,45)/b5-3+,6-4+. The van der Waals surface area contributed by atoms with Crippen molar-refractivity contribution in [1.29, 1.82) is 5.26 Å². The van der Waals surface area contributed by atoms with E-state index in [1.165, 1.54) is 54.2 Å². The second-order valence-corrected chi connectivity index (χ2v) is 13.4. The van der Waals surface area contributed by atoms with E-state index in [0.29, 0.717) is 6.07 Å². The van der Waals surface area contributed by atoms with Crippen LogP contribution in [0.15, 0.2) is 67.3 Å². The molecule has 3 atom stereocenters. The number of halogens is 3. The van der Waals surface area contributed by atoms with Gasteiger partial charge in [0.1, 0.15) is 30.1 Å². The lowest BCUT2D eigenvalue weighted by molar-refractivity contribution is -0.173. The first kappa shape index (κ1) is 42.0. The molecule has 0 saturated carbocycles. The largest absolute Gasteiger partial charge is 0.512 e. The van der Waals surface area contributed by atoms with Gasteiger partial charge in [-0.25, -0.2) is 32.4 Å². The number of nitrogens with zero attached hydrogens (tertiary/aromatic N) is 4. The first-order valence-electron chi connectivity index (χ1n) is 16.5. The van der Waals surface area contributed by atoms with Crippen LogP contribution in [0.25, 0.3) is 6.08 Å². The summed E-state index contributed by atoms with van der Waals surface area (Å²) in [4.78, 5) is 51.7. The van der Waals surface area contributed by atoms with Crippen molar-refractivity contribution in [2.75, 3.05) is 19.8 Å². The zero-order valence-corrected chi connectivity index (χ0v) is 30.2. The van der Waals surface area contributed by atoms with E-state index in [9.17, 15) is 28.0 Å². The van der Waals surface area contributed by atoms with Gasteiger partial charge in [-0.05, 0) is 37.3 Å². The Hall–Kier alpha value is -5.71. The molecule has 0 spiro atoms. The van der Waals surface area contributed by atoms with Gasteiger partial charge in [-0.2, -0.15) is 10.4 Å². The molecule has 292 valence electrons. The van der Waals surface area contributed by atoms with Gasteiger partial charge < -0.3 is 33.5 Å². The van der Waals surface area contributed by atoms with Crippen molar-refractivity contribution in [2.24, 2.45) is 0 Å². The number of allylic oxidation sites excluding steroid dienone is 2. The average Bonchev–Trinajstić information content (AvgIpc) is 3.65. The summed E-state index contributed by atoms with van der Waals surface area (Å²) < 4.78 is 77.4. The number of carbonyl (C=O) groups excluding carboxylic acids is 3. The predicted octanol–water partition coefficient (Wildman–Crippen LogP) is 5.05. The maximum Gasteiger partial charge on any atom is 0.512 e. The number of ether oxygens (including phenoxy) is 6. The first-order chi connectivity index (χ1) is 26.3. The van der Waals surface area contributed by atoms with Crippen LogP contribution in [-0.2, 0) is 55.0 Å². The summed E-state index contributed by atoms with van der Waals surface area (Å²) in [7, 11) is 0. The fourth-order valence-electron chi connectivity index (χ4n) is 5.12. The van der Waals surface area contributed by atoms with Gasteiger partial charge in [0.15, 0.2) is 18.5 Å². The Morgan fingerprint density at radius 3 is 2.45 bits per heavy atom. The monoisotopic (exact) mass is 788 g/mol. The van der Waals surface area contributed by atoms with Gasteiger partial charge in [-0.1, -0.05) is 24.3 Å². The van der Waals surface area contributed by atoms with Crippen LogP contribution in [0.4, 0.5) is 18.0 Å². The van der Waals surface area contributed by atoms with Crippen LogP contribution in [-0.4, -0.2) is 86.8 Å². The number of carboxylic acids is 1. The highest BCUT2D eigenvalue weighted by molar-refractivity contribution is 8.00. The van der Waals surface area contributed by atoms with E-state index < -0.39 is 89.6 Å². The molecule has 0 radical (unpaired) electrons. The zero-order valence-electron chi connectivity index (χ0n) is 29.3. The number of carbonyl (C=O) groups is 4. The Labute approximate surface area is 316 Å². The van der Waals surface area contributed by atoms with E-state index in [1.54, 1.807) is 25.2 Å². The normalized spacial score (nSPS) is 17.8. The second kappa shape index (κ2) is 20.1. The van der Waals surface area contributed by atoms with Crippen molar-refractivity contribution in [2.45, 2.75) is 61.9 Å². The van der Waals surface area contributed by atoms with Crippen LogP contribution >= 0.6 is 11.8 Å². The van der Waals surface area contributed by atoms with Gasteiger partial charge in [0.05, 0.1) is 49.5 Å². The number of aliphatic carboxylic acids is 1. The molecular formula is C36H35F3N4O11S. The van der Waals surface area contributed by atoms with E-state index in [2.05, 4.69) is 14.8 Å². The number of hydrogen-bond donors (Lipinski definition) is 1. The van der Waals surface area contributed by atoms with Crippen molar-refractivity contribution in [3.8, 4) is 6.07 Å². The van der Waals surface area contributed by atoms with E-state index in [-0.39, 0.29) is 36.4 Å². The maximum atomic E-state index is 15.6. The Morgan fingerprint density at radius 1 is 1.05 bits per heavy atom. The van der Waals surface area contributed by atoms with Crippen LogP contribution in [0.2, 0.25) is 0 Å². The molecule has 3 unspecified atom stereocenters. The number of esters is 2. The smallest absolute Gasteiger partial charge is 0.479 e. The van der Waals surface area contributed by atoms with Crippen molar-refractivity contribution in [3.63, 3.8) is 0 Å². The molecule has 1 aliphatic heterocycles. The third-order valence-corrected chi connectivity index (χ3v) is 9.14. The molecule has 2 aromatic carbocycles. The molecule has 1 saturated heterocycles. The fraction of sp³-hybridized carbons (Fsp3) is 0.361. The summed E-state index contributed by atoms with van der Waals surface area (Å²) in [5.41, 5.74) is -1.73. The van der Waals surface area contributed by atoms with Gasteiger partial charge in [-0.15, -0.1) is 11.8 Å². The van der Waals surface area contributed by atoms with Crippen molar-refractivity contribution in [3.05, 3.63) is 101 Å². The van der Waals surface area contributed by atoms with Gasteiger partial charge in [0.25, 0.3) is 0 Å². The van der Waals surface area contributed by atoms with Gasteiger partial charge in [0, 0.05) is 29.4 Å². The molecule has 2 heterocycles. The number of hydrogen-bond acceptors (Lipinski definition) is 14. The second-order valence-electron chi connectivity index (χ2n) is 11.7. The predicted molar refractivity (Wildman–Crippen MR) is 185 cm³/mol. The molecule has 1 aromatic heterocycles. The van der Waals surface area contributed by atoms with Crippen LogP contribution in [0.5, 0.6) is 0 Å². The number of nitriles is 1. The van der Waals surface area contributed by atoms with E-state index in [0.717, 1.165) is 18.2 Å². The van der Waals surface area contributed by atoms with Crippen molar-refractivity contribution in [1.82, 2.24) is 14.8 Å². The minimum absolute atomic E-state index is 0.130. The van der Waals surface area contributed by atoms with Crippen molar-refractivity contribution < 1.29 is 65.9 Å². The summed E-state index contributed by atoms with van der Waals surface area (Å²) in [5.74, 6) is -5.83.